The lowest BCUT2D eigenvalue weighted by molar-refractivity contribution is -0.159. The van der Waals surface area contributed by atoms with Gasteiger partial charge in [0, 0.05) is 5.56 Å². The molecule has 4 heteroatoms. The van der Waals surface area contributed by atoms with Crippen molar-refractivity contribution in [1.29, 1.82) is 0 Å². The summed E-state index contributed by atoms with van der Waals surface area (Å²) in [5.41, 5.74) is 6.69. The summed E-state index contributed by atoms with van der Waals surface area (Å²) < 4.78 is 17.4. The third-order valence-electron chi connectivity index (χ3n) is 6.74. The molecule has 4 nitrogen and oxygen atoms in total. The number of carbonyl (C=O) groups is 1. The van der Waals surface area contributed by atoms with Crippen LogP contribution >= 0.6 is 0 Å². The summed E-state index contributed by atoms with van der Waals surface area (Å²) in [6, 6.07) is 10.9. The molecular formula is C26H30O4. The summed E-state index contributed by atoms with van der Waals surface area (Å²) in [6.07, 6.45) is 5.72. The van der Waals surface area contributed by atoms with Crippen molar-refractivity contribution in [2.24, 2.45) is 0 Å². The first-order valence-electron chi connectivity index (χ1n) is 11.1. The Hall–Kier alpha value is -2.33. The molecular weight excluding hydrogens is 376 g/mol. The van der Waals surface area contributed by atoms with Gasteiger partial charge in [-0.1, -0.05) is 18.2 Å². The fourth-order valence-corrected chi connectivity index (χ4v) is 4.56. The molecule has 0 amide bonds. The van der Waals surface area contributed by atoms with E-state index in [0.717, 1.165) is 60.3 Å². The number of fused-ring (bicyclic) bond motifs is 1. The van der Waals surface area contributed by atoms with E-state index in [4.69, 9.17) is 14.2 Å². The quantitative estimate of drug-likeness (QED) is 0.582. The van der Waals surface area contributed by atoms with Crippen LogP contribution in [-0.4, -0.2) is 25.3 Å². The Balaban J connectivity index is 1.68. The maximum atomic E-state index is 12.9. The molecule has 2 aromatic rings. The summed E-state index contributed by atoms with van der Waals surface area (Å²) in [5, 5.41) is 0. The Kier molecular flexibility index (Phi) is 4.85. The Morgan fingerprint density at radius 2 is 2.00 bits per heavy atom. The smallest absolute Gasteiger partial charge is 0.339 e. The molecule has 2 saturated carbocycles. The van der Waals surface area contributed by atoms with Crippen LogP contribution in [-0.2, 0) is 20.7 Å². The van der Waals surface area contributed by atoms with Gasteiger partial charge < -0.3 is 14.2 Å². The summed E-state index contributed by atoms with van der Waals surface area (Å²) in [4.78, 5) is 12.9. The number of rotatable bonds is 6. The van der Waals surface area contributed by atoms with Gasteiger partial charge in [-0.3, -0.25) is 0 Å². The van der Waals surface area contributed by atoms with Crippen LogP contribution in [0.25, 0.3) is 11.1 Å². The van der Waals surface area contributed by atoms with Gasteiger partial charge in [-0.15, -0.1) is 0 Å². The second-order valence-electron chi connectivity index (χ2n) is 9.28. The first-order chi connectivity index (χ1) is 14.5. The van der Waals surface area contributed by atoms with E-state index in [1.54, 1.807) is 0 Å². The second-order valence-corrected chi connectivity index (χ2v) is 9.28. The van der Waals surface area contributed by atoms with Gasteiger partial charge in [0.15, 0.2) is 6.10 Å². The highest BCUT2D eigenvalue weighted by atomic mass is 16.6. The van der Waals surface area contributed by atoms with Crippen LogP contribution in [0.15, 0.2) is 30.3 Å². The van der Waals surface area contributed by atoms with Crippen LogP contribution in [0.3, 0.4) is 0 Å². The first-order valence-corrected chi connectivity index (χ1v) is 11.1. The van der Waals surface area contributed by atoms with E-state index in [9.17, 15) is 4.79 Å². The molecule has 0 aromatic heterocycles. The second kappa shape index (κ2) is 7.42. The largest absolute Gasteiger partial charge is 0.493 e. The van der Waals surface area contributed by atoms with Gasteiger partial charge in [-0.05, 0) is 98.2 Å². The maximum absolute atomic E-state index is 12.9. The lowest BCUT2D eigenvalue weighted by atomic mass is 9.85. The molecule has 5 rings (SSSR count). The molecule has 2 aromatic carbocycles. The van der Waals surface area contributed by atoms with Crippen molar-refractivity contribution in [3.63, 3.8) is 0 Å². The van der Waals surface area contributed by atoms with Gasteiger partial charge in [0.2, 0.25) is 0 Å². The van der Waals surface area contributed by atoms with Crippen molar-refractivity contribution in [1.82, 2.24) is 0 Å². The normalized spacial score (nSPS) is 20.1. The first kappa shape index (κ1) is 19.6. The van der Waals surface area contributed by atoms with Gasteiger partial charge >= 0.3 is 5.97 Å². The highest BCUT2D eigenvalue weighted by Gasteiger charge is 2.44. The van der Waals surface area contributed by atoms with E-state index in [0.29, 0.717) is 5.92 Å². The van der Waals surface area contributed by atoms with Gasteiger partial charge in [-0.2, -0.15) is 0 Å². The van der Waals surface area contributed by atoms with Crippen LogP contribution < -0.4 is 4.74 Å². The molecule has 2 aliphatic carbocycles. The van der Waals surface area contributed by atoms with Gasteiger partial charge in [-0.25, -0.2) is 4.79 Å². The number of esters is 1. The Morgan fingerprint density at radius 3 is 2.70 bits per heavy atom. The third kappa shape index (κ3) is 3.62. The van der Waals surface area contributed by atoms with Gasteiger partial charge in [0.25, 0.3) is 0 Å². The Labute approximate surface area is 178 Å². The molecule has 0 saturated heterocycles. The van der Waals surface area contributed by atoms with Crippen molar-refractivity contribution in [3.8, 4) is 16.9 Å². The standard InChI is InChI=1S/C26H30O4/c1-16-6-10-20(17-7-8-17)23(19-9-11-21-18(15-19)5-4-14-29-21)22(16)24(25(27)28-3)30-26(2)12-13-26/h6,9-11,15,17,24H,4-5,7-8,12-14H2,1-3H3. The van der Waals surface area contributed by atoms with E-state index in [2.05, 4.69) is 44.2 Å². The number of hydrogen-bond donors (Lipinski definition) is 0. The molecule has 2 fully saturated rings. The van der Waals surface area contributed by atoms with Crippen molar-refractivity contribution in [2.45, 2.75) is 70.0 Å². The summed E-state index contributed by atoms with van der Waals surface area (Å²) in [5.74, 6) is 1.22. The predicted molar refractivity (Wildman–Crippen MR) is 116 cm³/mol. The molecule has 0 N–H and O–H groups in total. The minimum absolute atomic E-state index is 0.234. The average molecular weight is 407 g/mol. The number of benzene rings is 2. The minimum Gasteiger partial charge on any atom is -0.493 e. The van der Waals surface area contributed by atoms with E-state index >= 15 is 0 Å². The number of carbonyl (C=O) groups excluding carboxylic acids is 1. The predicted octanol–water partition coefficient (Wildman–Crippen LogP) is 5.65. The number of aryl methyl sites for hydroxylation is 2. The monoisotopic (exact) mass is 406 g/mol. The molecule has 1 unspecified atom stereocenters. The summed E-state index contributed by atoms with van der Waals surface area (Å²) in [6.45, 7) is 4.94. The van der Waals surface area contributed by atoms with Gasteiger partial charge in [0.05, 0.1) is 19.3 Å². The lowest BCUT2D eigenvalue weighted by Gasteiger charge is -2.27. The summed E-state index contributed by atoms with van der Waals surface area (Å²) >= 11 is 0. The molecule has 1 atom stereocenters. The highest BCUT2D eigenvalue weighted by Crippen LogP contribution is 2.50. The van der Waals surface area contributed by atoms with E-state index in [1.807, 2.05) is 0 Å². The third-order valence-corrected chi connectivity index (χ3v) is 6.74. The minimum atomic E-state index is -0.705. The highest BCUT2D eigenvalue weighted by molar-refractivity contribution is 5.84. The van der Waals surface area contributed by atoms with E-state index in [1.165, 1.54) is 31.1 Å². The van der Waals surface area contributed by atoms with E-state index < -0.39 is 6.10 Å². The lowest BCUT2D eigenvalue weighted by Crippen LogP contribution is -2.25. The van der Waals surface area contributed by atoms with Crippen LogP contribution in [0.5, 0.6) is 5.75 Å². The van der Waals surface area contributed by atoms with Crippen LogP contribution in [0.2, 0.25) is 0 Å². The van der Waals surface area contributed by atoms with Crippen LogP contribution in [0, 0.1) is 6.92 Å². The fourth-order valence-electron chi connectivity index (χ4n) is 4.56. The zero-order valence-electron chi connectivity index (χ0n) is 18.1. The Bertz CT molecular complexity index is 985. The molecule has 30 heavy (non-hydrogen) atoms. The number of methoxy groups -OCH3 is 1. The van der Waals surface area contributed by atoms with Gasteiger partial charge in [0.1, 0.15) is 5.75 Å². The van der Waals surface area contributed by atoms with E-state index in [-0.39, 0.29) is 11.6 Å². The molecule has 0 bridgehead atoms. The molecule has 0 radical (unpaired) electrons. The molecule has 0 spiro atoms. The average Bonchev–Trinajstić information content (AvgIpc) is 3.69. The molecule has 3 aliphatic rings. The molecule has 158 valence electrons. The van der Waals surface area contributed by atoms with Crippen molar-refractivity contribution < 1.29 is 19.0 Å². The zero-order chi connectivity index (χ0) is 20.9. The maximum Gasteiger partial charge on any atom is 0.339 e. The number of hydrogen-bond acceptors (Lipinski definition) is 4. The SMILES string of the molecule is COC(=O)C(OC1(C)CC1)c1c(C)ccc(C2CC2)c1-c1ccc2c(c1)CCCO2. The Morgan fingerprint density at radius 1 is 1.20 bits per heavy atom. The van der Waals surface area contributed by atoms with Crippen molar-refractivity contribution in [3.05, 3.63) is 52.6 Å². The summed E-state index contributed by atoms with van der Waals surface area (Å²) in [7, 11) is 1.45. The van der Waals surface area contributed by atoms with Crippen molar-refractivity contribution >= 4 is 5.97 Å². The zero-order valence-corrected chi connectivity index (χ0v) is 18.1. The fraction of sp³-hybridized carbons (Fsp3) is 0.500. The topological polar surface area (TPSA) is 44.8 Å². The van der Waals surface area contributed by atoms with Crippen LogP contribution in [0.1, 0.15) is 73.3 Å². The van der Waals surface area contributed by atoms with Crippen LogP contribution in [0.4, 0.5) is 0 Å². The molecule has 1 aliphatic heterocycles. The number of ether oxygens (including phenoxy) is 3. The van der Waals surface area contributed by atoms with Crippen molar-refractivity contribution in [2.75, 3.05) is 13.7 Å². The molecule has 1 heterocycles.